The van der Waals surface area contributed by atoms with E-state index >= 15 is 0 Å². The molecule has 0 aliphatic rings. The Kier molecular flexibility index (Phi) is 6.91. The van der Waals surface area contributed by atoms with Crippen LogP contribution in [0.1, 0.15) is 26.3 Å². The molecular weight excluding hydrogens is 394 g/mol. The fraction of sp³-hybridized carbons (Fsp3) is 0.550. The Hall–Kier alpha value is -1.48. The van der Waals surface area contributed by atoms with Crippen LogP contribution in [0, 0.1) is 0 Å². The Morgan fingerprint density at radius 1 is 1.14 bits per heavy atom. The molecule has 2 rings (SSSR count). The molecule has 0 fully saturated rings. The van der Waals surface area contributed by atoms with E-state index in [1.807, 2.05) is 24.3 Å². The number of hydrogen-bond donors (Lipinski definition) is 0. The molecule has 0 bridgehead atoms. The van der Waals surface area contributed by atoms with Crippen molar-refractivity contribution in [1.29, 1.82) is 0 Å². The highest BCUT2D eigenvalue weighted by Gasteiger charge is 2.38. The van der Waals surface area contributed by atoms with Gasteiger partial charge in [0.1, 0.15) is 6.10 Å². The summed E-state index contributed by atoms with van der Waals surface area (Å²) in [5, 5.41) is 0.985. The predicted molar refractivity (Wildman–Crippen MR) is 115 cm³/mol. The number of nitrogens with zero attached hydrogens (tertiary/aromatic N) is 1. The zero-order valence-electron chi connectivity index (χ0n) is 17.8. The second-order valence-electron chi connectivity index (χ2n) is 8.54. The molecule has 1 aromatic carbocycles. The van der Waals surface area contributed by atoms with Gasteiger partial charge >= 0.3 is 0 Å². The van der Waals surface area contributed by atoms with Crippen LogP contribution in [-0.4, -0.2) is 47.8 Å². The van der Waals surface area contributed by atoms with Crippen molar-refractivity contribution in [3.8, 4) is 5.88 Å². The number of rotatable bonds is 8. The minimum atomic E-state index is -3.62. The summed E-state index contributed by atoms with van der Waals surface area (Å²) in [6, 6.07) is 9.56. The number of aromatic nitrogens is 1. The zero-order chi connectivity index (χ0) is 21.2. The molecule has 156 valence electrons. The van der Waals surface area contributed by atoms with Crippen molar-refractivity contribution in [2.24, 2.45) is 0 Å². The van der Waals surface area contributed by atoms with Gasteiger partial charge in [-0.25, -0.2) is 4.98 Å². The number of benzene rings is 1. The molecule has 0 N–H and O–H groups in total. The second kappa shape index (κ2) is 8.48. The highest BCUT2D eigenvalue weighted by molar-refractivity contribution is 7.86. The van der Waals surface area contributed by atoms with Gasteiger partial charge in [-0.15, -0.1) is 0 Å². The number of methoxy groups -OCH3 is 1. The molecule has 1 unspecified atom stereocenters. The minimum Gasteiger partial charge on any atom is -0.481 e. The third-order valence-electron chi connectivity index (χ3n) is 5.18. The second-order valence-corrected chi connectivity index (χ2v) is 15.0. The highest BCUT2D eigenvalue weighted by atomic mass is 32.2. The van der Waals surface area contributed by atoms with Crippen LogP contribution >= 0.6 is 0 Å². The number of fused-ring (bicyclic) bond motifs is 1. The van der Waals surface area contributed by atoms with Gasteiger partial charge in [0.25, 0.3) is 10.1 Å². The molecule has 1 aromatic heterocycles. The van der Waals surface area contributed by atoms with Crippen molar-refractivity contribution < 1.29 is 21.8 Å². The van der Waals surface area contributed by atoms with E-state index in [0.717, 1.165) is 22.7 Å². The maximum atomic E-state index is 11.8. The third-order valence-corrected chi connectivity index (χ3v) is 10.3. The summed E-state index contributed by atoms with van der Waals surface area (Å²) in [6.45, 7) is 10.9. The van der Waals surface area contributed by atoms with Gasteiger partial charge in [0.2, 0.25) is 5.88 Å². The van der Waals surface area contributed by atoms with Crippen molar-refractivity contribution >= 4 is 29.3 Å². The topological polar surface area (TPSA) is 74.7 Å². The van der Waals surface area contributed by atoms with E-state index in [-0.39, 0.29) is 11.6 Å². The summed E-state index contributed by atoms with van der Waals surface area (Å²) >= 11 is 0. The molecule has 0 amide bonds. The lowest BCUT2D eigenvalue weighted by Gasteiger charge is -2.37. The number of hydrogen-bond acceptors (Lipinski definition) is 6. The quantitative estimate of drug-likeness (QED) is 0.467. The standard InChI is InChI=1S/C20H31NO5SSi/c1-20(2,3)28(6,7)25-14-17(26-27(5,22)23)13-16-10-8-9-15-11-12-18(24-4)21-19(15)16/h8-12,17H,13-14H2,1-7H3. The zero-order valence-corrected chi connectivity index (χ0v) is 19.6. The van der Waals surface area contributed by atoms with Crippen LogP contribution < -0.4 is 4.74 Å². The lowest BCUT2D eigenvalue weighted by Crippen LogP contribution is -2.43. The summed E-state index contributed by atoms with van der Waals surface area (Å²) in [6.07, 6.45) is 0.818. The van der Waals surface area contributed by atoms with Crippen LogP contribution in [0.3, 0.4) is 0 Å². The Balaban J connectivity index is 2.31. The monoisotopic (exact) mass is 425 g/mol. The molecule has 2 aromatic rings. The Labute approximate surface area is 169 Å². The van der Waals surface area contributed by atoms with Gasteiger partial charge in [-0.1, -0.05) is 39.0 Å². The third kappa shape index (κ3) is 6.01. The molecule has 0 radical (unpaired) electrons. The summed E-state index contributed by atoms with van der Waals surface area (Å²) in [7, 11) is -4.09. The van der Waals surface area contributed by atoms with E-state index in [4.69, 9.17) is 13.3 Å². The van der Waals surface area contributed by atoms with E-state index in [1.165, 1.54) is 0 Å². The van der Waals surface area contributed by atoms with Gasteiger partial charge in [0.05, 0.1) is 25.5 Å². The highest BCUT2D eigenvalue weighted by Crippen LogP contribution is 2.36. The first kappa shape index (κ1) is 22.8. The lowest BCUT2D eigenvalue weighted by atomic mass is 10.0. The molecule has 0 saturated carbocycles. The first-order valence-electron chi connectivity index (χ1n) is 9.27. The fourth-order valence-corrected chi connectivity index (χ4v) is 4.25. The Morgan fingerprint density at radius 2 is 1.82 bits per heavy atom. The molecule has 6 nitrogen and oxygen atoms in total. The summed E-state index contributed by atoms with van der Waals surface area (Å²) < 4.78 is 40.5. The van der Waals surface area contributed by atoms with Crippen LogP contribution in [-0.2, 0) is 25.1 Å². The van der Waals surface area contributed by atoms with Crippen LogP contribution in [0.5, 0.6) is 5.88 Å². The van der Waals surface area contributed by atoms with Crippen LogP contribution in [0.15, 0.2) is 30.3 Å². The summed E-state index contributed by atoms with van der Waals surface area (Å²) in [4.78, 5) is 4.53. The van der Waals surface area contributed by atoms with Crippen LogP contribution in [0.4, 0.5) is 0 Å². The van der Waals surface area contributed by atoms with Gasteiger partial charge in [-0.05, 0) is 29.8 Å². The van der Waals surface area contributed by atoms with E-state index in [1.54, 1.807) is 13.2 Å². The molecular formula is C20H31NO5SSi. The van der Waals surface area contributed by atoms with Gasteiger partial charge < -0.3 is 9.16 Å². The van der Waals surface area contributed by atoms with Crippen molar-refractivity contribution in [2.75, 3.05) is 20.0 Å². The average molecular weight is 426 g/mol. The largest absolute Gasteiger partial charge is 0.481 e. The van der Waals surface area contributed by atoms with E-state index in [0.29, 0.717) is 12.3 Å². The van der Waals surface area contributed by atoms with Gasteiger partial charge in [0, 0.05) is 17.9 Å². The molecule has 0 aliphatic carbocycles. The molecule has 1 atom stereocenters. The van der Waals surface area contributed by atoms with Gasteiger partial charge in [-0.2, -0.15) is 8.42 Å². The minimum absolute atomic E-state index is 0.0248. The van der Waals surface area contributed by atoms with Crippen LogP contribution in [0.2, 0.25) is 18.1 Å². The van der Waals surface area contributed by atoms with E-state index in [9.17, 15) is 8.42 Å². The van der Waals surface area contributed by atoms with Crippen molar-refractivity contribution in [3.63, 3.8) is 0 Å². The van der Waals surface area contributed by atoms with Gasteiger partial charge in [0.15, 0.2) is 8.32 Å². The normalized spacial score (nSPS) is 14.2. The SMILES string of the molecule is COc1ccc2cccc(CC(CO[Si](C)(C)C(C)(C)C)OS(C)(=O)=O)c2n1. The van der Waals surface area contributed by atoms with Crippen molar-refractivity contribution in [2.45, 2.75) is 51.4 Å². The summed E-state index contributed by atoms with van der Waals surface area (Å²) in [5.74, 6) is 0.512. The number of pyridine rings is 1. The lowest BCUT2D eigenvalue weighted by molar-refractivity contribution is 0.127. The molecule has 0 saturated heterocycles. The molecule has 0 aliphatic heterocycles. The first-order valence-corrected chi connectivity index (χ1v) is 14.0. The van der Waals surface area contributed by atoms with Gasteiger partial charge in [-0.3, -0.25) is 4.18 Å². The Morgan fingerprint density at radius 3 is 2.39 bits per heavy atom. The molecule has 28 heavy (non-hydrogen) atoms. The smallest absolute Gasteiger partial charge is 0.264 e. The van der Waals surface area contributed by atoms with Crippen molar-refractivity contribution in [3.05, 3.63) is 35.9 Å². The number of para-hydroxylation sites is 1. The summed E-state index contributed by atoms with van der Waals surface area (Å²) in [5.41, 5.74) is 1.67. The average Bonchev–Trinajstić information content (AvgIpc) is 2.57. The predicted octanol–water partition coefficient (Wildman–Crippen LogP) is 4.15. The molecule has 8 heteroatoms. The van der Waals surface area contributed by atoms with Crippen LogP contribution in [0.25, 0.3) is 10.9 Å². The first-order chi connectivity index (χ1) is 12.8. The maximum Gasteiger partial charge on any atom is 0.264 e. The number of ether oxygens (including phenoxy) is 1. The molecule has 0 spiro atoms. The molecule has 1 heterocycles. The van der Waals surface area contributed by atoms with E-state index < -0.39 is 24.5 Å². The Bertz CT molecular complexity index is 922. The fourth-order valence-electron chi connectivity index (χ4n) is 2.60. The maximum absolute atomic E-state index is 11.8. The van der Waals surface area contributed by atoms with Crippen molar-refractivity contribution in [1.82, 2.24) is 4.98 Å². The van der Waals surface area contributed by atoms with E-state index in [2.05, 4.69) is 38.8 Å².